The third-order valence-electron chi connectivity index (χ3n) is 3.02. The van der Waals surface area contributed by atoms with Crippen LogP contribution >= 0.6 is 11.6 Å². The number of halogens is 1. The highest BCUT2D eigenvalue weighted by molar-refractivity contribution is 6.30. The molecular formula is C14H19ClN6O2. The molecule has 0 spiro atoms. The Morgan fingerprint density at radius 2 is 2.04 bits per heavy atom. The number of rotatable bonds is 7. The van der Waals surface area contributed by atoms with Crippen molar-refractivity contribution in [3.63, 3.8) is 0 Å². The van der Waals surface area contributed by atoms with Gasteiger partial charge in [-0.15, -0.1) is 0 Å². The lowest BCUT2D eigenvalue weighted by Gasteiger charge is -2.06. The van der Waals surface area contributed by atoms with E-state index in [0.29, 0.717) is 23.8 Å². The van der Waals surface area contributed by atoms with E-state index in [9.17, 15) is 9.59 Å². The molecule has 0 saturated carbocycles. The number of aromatic nitrogens is 4. The fourth-order valence-electron chi connectivity index (χ4n) is 1.93. The van der Waals surface area contributed by atoms with Gasteiger partial charge in [-0.1, -0.05) is 18.5 Å². The molecule has 0 aliphatic carbocycles. The largest absolute Gasteiger partial charge is 0.351 e. The maximum Gasteiger partial charge on any atom is 0.273 e. The van der Waals surface area contributed by atoms with Crippen molar-refractivity contribution in [2.75, 3.05) is 11.9 Å². The number of carbonyl (C=O) groups is 2. The first kappa shape index (κ1) is 17.0. The van der Waals surface area contributed by atoms with Crippen molar-refractivity contribution >= 4 is 29.1 Å². The molecule has 0 atom stereocenters. The monoisotopic (exact) mass is 338 g/mol. The molecule has 0 unspecified atom stereocenters. The summed E-state index contributed by atoms with van der Waals surface area (Å²) in [7, 11) is 0. The van der Waals surface area contributed by atoms with E-state index in [2.05, 4.69) is 20.8 Å². The van der Waals surface area contributed by atoms with Gasteiger partial charge in [-0.05, 0) is 13.3 Å². The summed E-state index contributed by atoms with van der Waals surface area (Å²) in [5.74, 6) is -0.624. The molecule has 0 bridgehead atoms. The smallest absolute Gasteiger partial charge is 0.273 e. The van der Waals surface area contributed by atoms with Crippen LogP contribution in [-0.2, 0) is 17.9 Å². The van der Waals surface area contributed by atoms with Crippen LogP contribution in [0.2, 0.25) is 5.02 Å². The number of nitrogens with one attached hydrogen (secondary N) is 2. The molecule has 0 radical (unpaired) electrons. The molecule has 2 rings (SSSR count). The van der Waals surface area contributed by atoms with Crippen molar-refractivity contribution < 1.29 is 9.59 Å². The van der Waals surface area contributed by atoms with Gasteiger partial charge in [0.15, 0.2) is 5.69 Å². The highest BCUT2D eigenvalue weighted by atomic mass is 35.5. The minimum atomic E-state index is -0.315. The van der Waals surface area contributed by atoms with Gasteiger partial charge in [0.05, 0.1) is 16.9 Å². The molecule has 0 aromatic carbocycles. The summed E-state index contributed by atoms with van der Waals surface area (Å²) in [5.41, 5.74) is 0.579. The van der Waals surface area contributed by atoms with Crippen molar-refractivity contribution in [1.82, 2.24) is 24.9 Å². The first-order valence-corrected chi connectivity index (χ1v) is 7.74. The van der Waals surface area contributed by atoms with Crippen molar-refractivity contribution in [2.24, 2.45) is 0 Å². The lowest BCUT2D eigenvalue weighted by Crippen LogP contribution is -2.26. The van der Waals surface area contributed by atoms with Gasteiger partial charge in [-0.2, -0.15) is 10.2 Å². The quantitative estimate of drug-likeness (QED) is 0.800. The zero-order chi connectivity index (χ0) is 16.8. The maximum atomic E-state index is 12.1. The van der Waals surface area contributed by atoms with Crippen LogP contribution in [0.4, 0.5) is 5.69 Å². The molecule has 0 aliphatic heterocycles. The molecule has 0 fully saturated rings. The Hall–Kier alpha value is -2.35. The predicted octanol–water partition coefficient (Wildman–Crippen LogP) is 1.53. The number of nitrogens with zero attached hydrogens (tertiary/aromatic N) is 4. The Kier molecular flexibility index (Phi) is 5.75. The third kappa shape index (κ3) is 4.56. The van der Waals surface area contributed by atoms with Crippen LogP contribution in [0.15, 0.2) is 18.6 Å². The molecule has 23 heavy (non-hydrogen) atoms. The van der Waals surface area contributed by atoms with Crippen molar-refractivity contribution in [2.45, 2.75) is 33.4 Å². The molecule has 0 saturated heterocycles. The van der Waals surface area contributed by atoms with E-state index in [0.717, 1.165) is 6.42 Å². The topological polar surface area (TPSA) is 93.8 Å². The number of hydrogen-bond donors (Lipinski definition) is 2. The van der Waals surface area contributed by atoms with Gasteiger partial charge in [0, 0.05) is 25.5 Å². The fourth-order valence-corrected chi connectivity index (χ4v) is 2.08. The summed E-state index contributed by atoms with van der Waals surface area (Å²) in [4.78, 5) is 24.2. The molecular weight excluding hydrogens is 320 g/mol. The van der Waals surface area contributed by atoms with Crippen LogP contribution in [0.25, 0.3) is 0 Å². The molecule has 2 aromatic rings. The average molecular weight is 339 g/mol. The first-order valence-electron chi connectivity index (χ1n) is 7.37. The van der Waals surface area contributed by atoms with Crippen LogP contribution in [0.3, 0.4) is 0 Å². The normalized spacial score (nSPS) is 10.6. The lowest BCUT2D eigenvalue weighted by molar-refractivity contribution is -0.116. The van der Waals surface area contributed by atoms with E-state index in [1.807, 2.05) is 13.8 Å². The van der Waals surface area contributed by atoms with Crippen molar-refractivity contribution in [3.05, 3.63) is 29.3 Å². The van der Waals surface area contributed by atoms with Crippen LogP contribution in [0, 0.1) is 0 Å². The second kappa shape index (κ2) is 7.77. The molecule has 2 aromatic heterocycles. The van der Waals surface area contributed by atoms with Crippen LogP contribution in [-0.4, -0.2) is 37.9 Å². The molecule has 8 nitrogen and oxygen atoms in total. The summed E-state index contributed by atoms with van der Waals surface area (Å²) in [5, 5.41) is 14.0. The summed E-state index contributed by atoms with van der Waals surface area (Å²) >= 11 is 5.76. The second-order valence-corrected chi connectivity index (χ2v) is 5.34. The molecule has 0 aliphatic rings. The Bertz CT molecular complexity index is 693. The van der Waals surface area contributed by atoms with Crippen LogP contribution in [0.5, 0.6) is 0 Å². The van der Waals surface area contributed by atoms with Crippen molar-refractivity contribution in [3.8, 4) is 0 Å². The van der Waals surface area contributed by atoms with Crippen LogP contribution in [0.1, 0.15) is 30.8 Å². The number of amides is 2. The van der Waals surface area contributed by atoms with E-state index in [1.165, 1.54) is 10.9 Å². The van der Waals surface area contributed by atoms with Gasteiger partial charge in [0.25, 0.3) is 5.91 Å². The fraction of sp³-hybridized carbons (Fsp3) is 0.429. The van der Waals surface area contributed by atoms with E-state index in [1.54, 1.807) is 17.1 Å². The van der Waals surface area contributed by atoms with Gasteiger partial charge >= 0.3 is 0 Å². The highest BCUT2D eigenvalue weighted by Crippen LogP contribution is 2.14. The van der Waals surface area contributed by atoms with Gasteiger partial charge in [0.1, 0.15) is 6.54 Å². The standard InChI is InChI=1S/C14H19ClN6O2/c1-3-5-16-14(23)13-11(8-20(4-2)19-13)18-12(22)9-21-7-10(15)6-17-21/h6-8H,3-5,9H2,1-2H3,(H,16,23)(H,18,22). The Balaban J connectivity index is 2.09. The SMILES string of the molecule is CCCNC(=O)c1nn(CC)cc1NC(=O)Cn1cc(Cl)cn1. The third-order valence-corrected chi connectivity index (χ3v) is 3.21. The summed E-state index contributed by atoms with van der Waals surface area (Å²) in [6.07, 6.45) is 5.45. The zero-order valence-corrected chi connectivity index (χ0v) is 13.8. The van der Waals surface area contributed by atoms with E-state index < -0.39 is 0 Å². The lowest BCUT2D eigenvalue weighted by atomic mass is 10.3. The highest BCUT2D eigenvalue weighted by Gasteiger charge is 2.18. The second-order valence-electron chi connectivity index (χ2n) is 4.91. The molecule has 2 amide bonds. The zero-order valence-electron chi connectivity index (χ0n) is 13.0. The minimum Gasteiger partial charge on any atom is -0.351 e. The maximum absolute atomic E-state index is 12.1. The number of anilines is 1. The average Bonchev–Trinajstić information content (AvgIpc) is 3.11. The van der Waals surface area contributed by atoms with Gasteiger partial charge in [-0.3, -0.25) is 19.0 Å². The molecule has 124 valence electrons. The minimum absolute atomic E-state index is 0.0000437. The van der Waals surface area contributed by atoms with E-state index >= 15 is 0 Å². The number of aryl methyl sites for hydroxylation is 1. The molecule has 2 heterocycles. The summed E-state index contributed by atoms with van der Waals surface area (Å²) < 4.78 is 3.01. The van der Waals surface area contributed by atoms with E-state index in [-0.39, 0.29) is 24.1 Å². The number of carbonyl (C=O) groups excluding carboxylic acids is 2. The van der Waals surface area contributed by atoms with Crippen molar-refractivity contribution in [1.29, 1.82) is 0 Å². The number of hydrogen-bond acceptors (Lipinski definition) is 4. The summed E-state index contributed by atoms with van der Waals surface area (Å²) in [6.45, 7) is 5.01. The summed E-state index contributed by atoms with van der Waals surface area (Å²) in [6, 6.07) is 0. The van der Waals surface area contributed by atoms with Gasteiger partial charge < -0.3 is 10.6 Å². The van der Waals surface area contributed by atoms with Crippen LogP contribution < -0.4 is 10.6 Å². The molecule has 2 N–H and O–H groups in total. The Morgan fingerprint density at radius 1 is 1.26 bits per heavy atom. The van der Waals surface area contributed by atoms with Gasteiger partial charge in [0.2, 0.25) is 5.91 Å². The molecule has 9 heteroatoms. The Morgan fingerprint density at radius 3 is 2.65 bits per heavy atom. The predicted molar refractivity (Wildman–Crippen MR) is 86.4 cm³/mol. The van der Waals surface area contributed by atoms with Gasteiger partial charge in [-0.25, -0.2) is 0 Å². The van der Waals surface area contributed by atoms with E-state index in [4.69, 9.17) is 11.6 Å². The Labute approximate surface area is 138 Å². The first-order chi connectivity index (χ1) is 11.0.